The molecule has 0 aromatic heterocycles. The van der Waals surface area contributed by atoms with Gasteiger partial charge in [-0.25, -0.2) is 4.79 Å². The van der Waals surface area contributed by atoms with Crippen molar-refractivity contribution in [3.8, 4) is 0 Å². The third-order valence-corrected chi connectivity index (χ3v) is 2.55. The molecule has 0 heterocycles. The Hall–Kier alpha value is -2.44. The predicted molar refractivity (Wildman–Crippen MR) is 62.0 cm³/mol. The molecule has 0 unspecified atom stereocenters. The van der Waals surface area contributed by atoms with Crippen molar-refractivity contribution in [2.45, 2.75) is 18.9 Å². The van der Waals surface area contributed by atoms with E-state index in [9.17, 15) is 19.7 Å². The van der Waals surface area contributed by atoms with Crippen LogP contribution in [-0.2, 0) is 16.0 Å². The highest BCUT2D eigenvalue weighted by Gasteiger charge is 2.32. The summed E-state index contributed by atoms with van der Waals surface area (Å²) in [5.74, 6) is -1.17. The molecule has 2 N–H and O–H groups in total. The lowest BCUT2D eigenvalue weighted by atomic mass is 9.93. The SMILES string of the molecule is C[C@@](Cc1ccc([N+](=O)[O-])cc1)(NC=O)C(=O)O. The first-order chi connectivity index (χ1) is 8.39. The van der Waals surface area contributed by atoms with Crippen molar-refractivity contribution in [2.24, 2.45) is 0 Å². The number of nitrogens with zero attached hydrogens (tertiary/aromatic N) is 1. The Morgan fingerprint density at radius 1 is 1.50 bits per heavy atom. The number of nitrogens with one attached hydrogen (secondary N) is 1. The lowest BCUT2D eigenvalue weighted by molar-refractivity contribution is -0.384. The van der Waals surface area contributed by atoms with Crippen molar-refractivity contribution in [3.05, 3.63) is 39.9 Å². The van der Waals surface area contributed by atoms with Gasteiger partial charge in [-0.1, -0.05) is 12.1 Å². The molecule has 0 aliphatic carbocycles. The zero-order valence-electron chi connectivity index (χ0n) is 9.62. The van der Waals surface area contributed by atoms with Crippen molar-refractivity contribution in [1.29, 1.82) is 0 Å². The van der Waals surface area contributed by atoms with Gasteiger partial charge in [0.25, 0.3) is 5.69 Å². The van der Waals surface area contributed by atoms with E-state index in [0.29, 0.717) is 12.0 Å². The number of carbonyl (C=O) groups excluding carboxylic acids is 1. The van der Waals surface area contributed by atoms with E-state index in [1.807, 2.05) is 0 Å². The molecule has 96 valence electrons. The van der Waals surface area contributed by atoms with Gasteiger partial charge in [-0.05, 0) is 12.5 Å². The number of carboxylic acids is 1. The molecular formula is C11H12N2O5. The van der Waals surface area contributed by atoms with E-state index in [1.165, 1.54) is 31.2 Å². The fraction of sp³-hybridized carbons (Fsp3) is 0.273. The summed E-state index contributed by atoms with van der Waals surface area (Å²) in [6.07, 6.45) is 0.360. The minimum absolute atomic E-state index is 0.0407. The Balaban J connectivity index is 2.91. The minimum atomic E-state index is -1.43. The molecule has 1 aromatic rings. The molecule has 1 aromatic carbocycles. The third kappa shape index (κ3) is 3.03. The highest BCUT2D eigenvalue weighted by Crippen LogP contribution is 2.17. The summed E-state index contributed by atoms with van der Waals surface area (Å²) in [4.78, 5) is 31.4. The van der Waals surface area contributed by atoms with Crippen LogP contribution < -0.4 is 5.32 Å². The molecule has 18 heavy (non-hydrogen) atoms. The second-order valence-electron chi connectivity index (χ2n) is 4.00. The van der Waals surface area contributed by atoms with Gasteiger partial charge in [0, 0.05) is 18.6 Å². The molecule has 1 amide bonds. The highest BCUT2D eigenvalue weighted by atomic mass is 16.6. The number of hydrogen-bond acceptors (Lipinski definition) is 4. The van der Waals surface area contributed by atoms with Crippen LogP contribution in [-0.4, -0.2) is 27.9 Å². The summed E-state index contributed by atoms with van der Waals surface area (Å²) in [6, 6.07) is 5.51. The summed E-state index contributed by atoms with van der Waals surface area (Å²) in [5, 5.41) is 21.7. The van der Waals surface area contributed by atoms with Crippen LogP contribution in [0.5, 0.6) is 0 Å². The van der Waals surface area contributed by atoms with Crippen molar-refractivity contribution in [1.82, 2.24) is 5.32 Å². The van der Waals surface area contributed by atoms with Gasteiger partial charge in [-0.2, -0.15) is 0 Å². The monoisotopic (exact) mass is 252 g/mol. The van der Waals surface area contributed by atoms with Crippen LogP contribution in [0.3, 0.4) is 0 Å². The Morgan fingerprint density at radius 2 is 2.06 bits per heavy atom. The first kappa shape index (κ1) is 13.6. The molecular weight excluding hydrogens is 240 g/mol. The lowest BCUT2D eigenvalue weighted by Crippen LogP contribution is -2.50. The molecule has 0 aliphatic rings. The van der Waals surface area contributed by atoms with Crippen LogP contribution in [0.25, 0.3) is 0 Å². The number of nitro groups is 1. The van der Waals surface area contributed by atoms with E-state index in [-0.39, 0.29) is 12.1 Å². The van der Waals surface area contributed by atoms with Gasteiger partial charge in [0.15, 0.2) is 0 Å². The number of carboxylic acid groups (broad SMARTS) is 1. The molecule has 0 spiro atoms. The molecule has 7 nitrogen and oxygen atoms in total. The largest absolute Gasteiger partial charge is 0.480 e. The maximum absolute atomic E-state index is 11.1. The maximum Gasteiger partial charge on any atom is 0.329 e. The lowest BCUT2D eigenvalue weighted by Gasteiger charge is -2.23. The highest BCUT2D eigenvalue weighted by molar-refractivity contribution is 5.81. The standard InChI is InChI=1S/C11H12N2O5/c1-11(10(15)16,12-7-14)6-8-2-4-9(5-3-8)13(17)18/h2-5,7H,6H2,1H3,(H,12,14)(H,15,16)/t11-/m0/s1. The average Bonchev–Trinajstić information content (AvgIpc) is 2.29. The summed E-state index contributed by atoms with van der Waals surface area (Å²) >= 11 is 0. The van der Waals surface area contributed by atoms with Gasteiger partial charge in [0.1, 0.15) is 5.54 Å². The average molecular weight is 252 g/mol. The summed E-state index contributed by atoms with van der Waals surface area (Å²) in [7, 11) is 0. The second kappa shape index (κ2) is 5.26. The second-order valence-corrected chi connectivity index (χ2v) is 4.00. The van der Waals surface area contributed by atoms with Crippen molar-refractivity contribution in [2.75, 3.05) is 0 Å². The Bertz CT molecular complexity index is 471. The van der Waals surface area contributed by atoms with E-state index in [1.54, 1.807) is 0 Å². The van der Waals surface area contributed by atoms with Gasteiger partial charge in [0.05, 0.1) is 4.92 Å². The smallest absolute Gasteiger partial charge is 0.329 e. The first-order valence-electron chi connectivity index (χ1n) is 5.07. The molecule has 7 heteroatoms. The molecule has 0 fully saturated rings. The number of amides is 1. The number of hydrogen-bond donors (Lipinski definition) is 2. The molecule has 0 saturated heterocycles. The zero-order valence-corrected chi connectivity index (χ0v) is 9.62. The minimum Gasteiger partial charge on any atom is -0.480 e. The number of rotatable bonds is 6. The van der Waals surface area contributed by atoms with E-state index < -0.39 is 16.4 Å². The van der Waals surface area contributed by atoms with Crippen LogP contribution in [0.4, 0.5) is 5.69 Å². The summed E-state index contributed by atoms with van der Waals surface area (Å²) in [5.41, 5.74) is -0.920. The predicted octanol–water partition coefficient (Wildman–Crippen LogP) is 0.727. The normalized spacial score (nSPS) is 13.4. The number of aliphatic carboxylic acids is 1. The number of benzene rings is 1. The van der Waals surface area contributed by atoms with Crippen LogP contribution in [0.1, 0.15) is 12.5 Å². The molecule has 1 rings (SSSR count). The Labute approximate surface area is 103 Å². The maximum atomic E-state index is 11.1. The van der Waals surface area contributed by atoms with Crippen molar-refractivity contribution >= 4 is 18.1 Å². The van der Waals surface area contributed by atoms with E-state index in [2.05, 4.69) is 5.32 Å². The van der Waals surface area contributed by atoms with E-state index in [0.717, 1.165) is 0 Å². The number of nitro benzene ring substituents is 1. The van der Waals surface area contributed by atoms with Crippen LogP contribution in [0.2, 0.25) is 0 Å². The molecule has 0 aliphatic heterocycles. The molecule has 0 bridgehead atoms. The third-order valence-electron chi connectivity index (χ3n) is 2.55. The summed E-state index contributed by atoms with van der Waals surface area (Å²) in [6.45, 7) is 1.37. The number of carbonyl (C=O) groups is 2. The van der Waals surface area contributed by atoms with Gasteiger partial charge >= 0.3 is 5.97 Å². The quantitative estimate of drug-likeness (QED) is 0.440. The summed E-state index contributed by atoms with van der Waals surface area (Å²) < 4.78 is 0. The van der Waals surface area contributed by atoms with E-state index >= 15 is 0 Å². The van der Waals surface area contributed by atoms with Crippen LogP contribution in [0, 0.1) is 10.1 Å². The Morgan fingerprint density at radius 3 is 2.44 bits per heavy atom. The molecule has 1 atom stereocenters. The van der Waals surface area contributed by atoms with Gasteiger partial charge in [0.2, 0.25) is 6.41 Å². The van der Waals surface area contributed by atoms with Crippen molar-refractivity contribution in [3.63, 3.8) is 0 Å². The van der Waals surface area contributed by atoms with Crippen molar-refractivity contribution < 1.29 is 19.6 Å². The zero-order chi connectivity index (χ0) is 13.8. The topological polar surface area (TPSA) is 110 Å². The van der Waals surface area contributed by atoms with Crippen LogP contribution >= 0.6 is 0 Å². The molecule has 0 saturated carbocycles. The Kier molecular flexibility index (Phi) is 3.98. The fourth-order valence-electron chi connectivity index (χ4n) is 1.46. The number of non-ortho nitro benzene ring substituents is 1. The van der Waals surface area contributed by atoms with Gasteiger partial charge in [-0.15, -0.1) is 0 Å². The first-order valence-corrected chi connectivity index (χ1v) is 5.07. The van der Waals surface area contributed by atoms with Gasteiger partial charge in [-0.3, -0.25) is 14.9 Å². The van der Waals surface area contributed by atoms with Gasteiger partial charge < -0.3 is 10.4 Å². The molecule has 0 radical (unpaired) electrons. The van der Waals surface area contributed by atoms with Crippen LogP contribution in [0.15, 0.2) is 24.3 Å². The fourth-order valence-corrected chi connectivity index (χ4v) is 1.46. The van der Waals surface area contributed by atoms with E-state index in [4.69, 9.17) is 5.11 Å².